The maximum atomic E-state index is 10.3. The van der Waals surface area contributed by atoms with Crippen LogP contribution in [0.4, 0.5) is 0 Å². The van der Waals surface area contributed by atoms with E-state index in [1.165, 1.54) is 0 Å². The van der Waals surface area contributed by atoms with Crippen LogP contribution in [-0.2, 0) is 4.79 Å². The molecule has 0 unspecified atom stereocenters. The Labute approximate surface area is 120 Å². The molecular formula is C16H22O4. The highest BCUT2D eigenvalue weighted by Crippen LogP contribution is 2.06. The van der Waals surface area contributed by atoms with Crippen LogP contribution in [-0.4, -0.2) is 33.5 Å². The Morgan fingerprint density at radius 2 is 2.00 bits per heavy atom. The lowest BCUT2D eigenvalue weighted by Crippen LogP contribution is -2.04. The molecule has 0 saturated carbocycles. The molecule has 0 aromatic heterocycles. The number of carbonyl (C=O) groups is 1. The van der Waals surface area contributed by atoms with Gasteiger partial charge in [0, 0.05) is 12.8 Å². The van der Waals surface area contributed by atoms with E-state index in [-0.39, 0.29) is 12.8 Å². The maximum Gasteiger partial charge on any atom is 0.303 e. The van der Waals surface area contributed by atoms with Gasteiger partial charge in [0.25, 0.3) is 0 Å². The summed E-state index contributed by atoms with van der Waals surface area (Å²) in [6.45, 7) is 1.84. The van der Waals surface area contributed by atoms with Gasteiger partial charge >= 0.3 is 5.97 Å². The van der Waals surface area contributed by atoms with Gasteiger partial charge in [-0.25, -0.2) is 0 Å². The number of carboxylic acids is 1. The monoisotopic (exact) mass is 278 g/mol. The third kappa shape index (κ3) is 11.3. The standard InChI is InChI=1S/C16H22O4/c1-3-7-14(17)9-5-4-8-13(2)12-15(18)10-6-11-16(19)20/h1,4-5,8-9,12,14-15,17-18H,6-7,10-11H2,2H3,(H,19,20)/b8-4+,9-5+,13-12-/t14-,15+/m1/s1. The molecule has 0 saturated heterocycles. The number of hydrogen-bond donors (Lipinski definition) is 3. The number of carboxylic acid groups (broad SMARTS) is 1. The highest BCUT2D eigenvalue weighted by Gasteiger charge is 2.02. The first kappa shape index (κ1) is 18.2. The average molecular weight is 278 g/mol. The van der Waals surface area contributed by atoms with Crippen molar-refractivity contribution in [1.29, 1.82) is 0 Å². The molecule has 0 spiro atoms. The second kappa shape index (κ2) is 11.0. The number of terminal acetylenes is 1. The van der Waals surface area contributed by atoms with Crippen molar-refractivity contribution in [3.05, 3.63) is 36.0 Å². The van der Waals surface area contributed by atoms with Crippen LogP contribution in [0.3, 0.4) is 0 Å². The summed E-state index contributed by atoms with van der Waals surface area (Å²) >= 11 is 0. The van der Waals surface area contributed by atoms with Gasteiger partial charge in [0.1, 0.15) is 0 Å². The topological polar surface area (TPSA) is 77.8 Å². The third-order valence-electron chi connectivity index (χ3n) is 2.48. The normalized spacial score (nSPS) is 15.4. The molecule has 0 amide bonds. The van der Waals surface area contributed by atoms with Gasteiger partial charge in [-0.3, -0.25) is 4.79 Å². The first-order valence-corrected chi connectivity index (χ1v) is 6.50. The number of hydrogen-bond acceptors (Lipinski definition) is 3. The Hall–Kier alpha value is -1.83. The van der Waals surface area contributed by atoms with Crippen molar-refractivity contribution in [2.45, 2.75) is 44.8 Å². The minimum absolute atomic E-state index is 0.0651. The van der Waals surface area contributed by atoms with Gasteiger partial charge in [0.05, 0.1) is 12.2 Å². The molecule has 0 heterocycles. The number of rotatable bonds is 9. The molecule has 0 radical (unpaired) electrons. The zero-order valence-corrected chi connectivity index (χ0v) is 11.7. The van der Waals surface area contributed by atoms with Crippen LogP contribution in [0.1, 0.15) is 32.6 Å². The summed E-state index contributed by atoms with van der Waals surface area (Å²) in [7, 11) is 0. The Morgan fingerprint density at radius 1 is 1.30 bits per heavy atom. The Balaban J connectivity index is 4.11. The first-order valence-electron chi connectivity index (χ1n) is 6.50. The minimum atomic E-state index is -0.853. The molecule has 0 aliphatic rings. The van der Waals surface area contributed by atoms with E-state index in [1.807, 2.05) is 6.92 Å². The predicted molar refractivity (Wildman–Crippen MR) is 79.0 cm³/mol. The second-order valence-electron chi connectivity index (χ2n) is 4.48. The van der Waals surface area contributed by atoms with Crippen molar-refractivity contribution in [2.75, 3.05) is 0 Å². The van der Waals surface area contributed by atoms with E-state index in [4.69, 9.17) is 11.5 Å². The maximum absolute atomic E-state index is 10.3. The van der Waals surface area contributed by atoms with Gasteiger partial charge in [-0.05, 0) is 19.8 Å². The molecule has 0 aliphatic heterocycles. The fourth-order valence-corrected chi connectivity index (χ4v) is 1.49. The van der Waals surface area contributed by atoms with Gasteiger partial charge in [0.15, 0.2) is 0 Å². The van der Waals surface area contributed by atoms with Gasteiger partial charge in [-0.2, -0.15) is 0 Å². The van der Waals surface area contributed by atoms with E-state index in [2.05, 4.69) is 5.92 Å². The number of aliphatic hydroxyl groups is 2. The van der Waals surface area contributed by atoms with Crippen LogP contribution in [0.2, 0.25) is 0 Å². The van der Waals surface area contributed by atoms with Crippen molar-refractivity contribution >= 4 is 5.97 Å². The summed E-state index contributed by atoms with van der Waals surface area (Å²) in [6.07, 6.45) is 13.5. The molecule has 0 aliphatic carbocycles. The van der Waals surface area contributed by atoms with Crippen LogP contribution in [0.15, 0.2) is 36.0 Å². The molecule has 0 bridgehead atoms. The molecule has 0 fully saturated rings. The van der Waals surface area contributed by atoms with Crippen LogP contribution in [0.5, 0.6) is 0 Å². The molecule has 4 heteroatoms. The predicted octanol–water partition coefficient (Wildman–Crippen LogP) is 2.05. The van der Waals surface area contributed by atoms with Crippen molar-refractivity contribution in [3.63, 3.8) is 0 Å². The van der Waals surface area contributed by atoms with E-state index in [9.17, 15) is 15.0 Å². The van der Waals surface area contributed by atoms with E-state index >= 15 is 0 Å². The summed E-state index contributed by atoms with van der Waals surface area (Å²) in [6, 6.07) is 0. The first-order chi connectivity index (χ1) is 9.45. The smallest absolute Gasteiger partial charge is 0.303 e. The second-order valence-corrected chi connectivity index (χ2v) is 4.48. The number of aliphatic hydroxyl groups excluding tert-OH is 2. The largest absolute Gasteiger partial charge is 0.481 e. The van der Waals surface area contributed by atoms with Crippen molar-refractivity contribution in [1.82, 2.24) is 0 Å². The lowest BCUT2D eigenvalue weighted by atomic mass is 10.1. The van der Waals surface area contributed by atoms with E-state index < -0.39 is 18.2 Å². The molecule has 4 nitrogen and oxygen atoms in total. The fourth-order valence-electron chi connectivity index (χ4n) is 1.49. The molecule has 3 N–H and O–H groups in total. The van der Waals surface area contributed by atoms with Crippen LogP contribution < -0.4 is 0 Å². The van der Waals surface area contributed by atoms with E-state index in [1.54, 1.807) is 30.4 Å². The Morgan fingerprint density at radius 3 is 2.60 bits per heavy atom. The van der Waals surface area contributed by atoms with Gasteiger partial charge < -0.3 is 15.3 Å². The molecular weight excluding hydrogens is 256 g/mol. The Bertz CT molecular complexity index is 413. The lowest BCUT2D eigenvalue weighted by Gasteiger charge is -2.04. The number of aliphatic carboxylic acids is 1. The zero-order chi connectivity index (χ0) is 15.4. The van der Waals surface area contributed by atoms with Gasteiger partial charge in [-0.1, -0.05) is 36.0 Å². The van der Waals surface area contributed by atoms with Gasteiger partial charge in [-0.15, -0.1) is 12.3 Å². The van der Waals surface area contributed by atoms with Crippen molar-refractivity contribution in [3.8, 4) is 12.3 Å². The van der Waals surface area contributed by atoms with Crippen LogP contribution in [0, 0.1) is 12.3 Å². The lowest BCUT2D eigenvalue weighted by molar-refractivity contribution is -0.137. The highest BCUT2D eigenvalue weighted by molar-refractivity contribution is 5.66. The molecule has 2 atom stereocenters. The summed E-state index contributed by atoms with van der Waals surface area (Å²) in [5.41, 5.74) is 0.865. The summed E-state index contributed by atoms with van der Waals surface area (Å²) in [5, 5.41) is 27.5. The van der Waals surface area contributed by atoms with Crippen LogP contribution in [0.25, 0.3) is 0 Å². The summed E-state index contributed by atoms with van der Waals surface area (Å²) in [5.74, 6) is 1.51. The Kier molecular flexibility index (Phi) is 10.0. The average Bonchev–Trinajstić information content (AvgIpc) is 2.34. The zero-order valence-electron chi connectivity index (χ0n) is 11.7. The van der Waals surface area contributed by atoms with Gasteiger partial charge in [0.2, 0.25) is 0 Å². The SMILES string of the molecule is C#CC[C@@H](O)/C=C/C=C/C(C)=C\[C@@H](O)CCCC(=O)O. The fraction of sp³-hybridized carbons (Fsp3) is 0.438. The highest BCUT2D eigenvalue weighted by atomic mass is 16.4. The molecule has 0 rings (SSSR count). The van der Waals surface area contributed by atoms with Crippen LogP contribution >= 0.6 is 0 Å². The van der Waals surface area contributed by atoms with E-state index in [0.717, 1.165) is 5.57 Å². The summed E-state index contributed by atoms with van der Waals surface area (Å²) in [4.78, 5) is 10.3. The molecule has 110 valence electrons. The quantitative estimate of drug-likeness (QED) is 0.445. The third-order valence-corrected chi connectivity index (χ3v) is 2.48. The minimum Gasteiger partial charge on any atom is -0.481 e. The number of allylic oxidation sites excluding steroid dienone is 4. The molecule has 20 heavy (non-hydrogen) atoms. The molecule has 0 aromatic rings. The van der Waals surface area contributed by atoms with Crippen molar-refractivity contribution in [2.24, 2.45) is 0 Å². The molecule has 0 aromatic carbocycles. The van der Waals surface area contributed by atoms with E-state index in [0.29, 0.717) is 12.8 Å². The van der Waals surface area contributed by atoms with Crippen molar-refractivity contribution < 1.29 is 20.1 Å². The summed E-state index contributed by atoms with van der Waals surface area (Å²) < 4.78 is 0.